The van der Waals surface area contributed by atoms with Crippen molar-refractivity contribution in [3.8, 4) is 11.4 Å². The molecule has 2 atom stereocenters. The molecule has 6 nitrogen and oxygen atoms in total. The topological polar surface area (TPSA) is 81.3 Å². The summed E-state index contributed by atoms with van der Waals surface area (Å²) in [4.78, 5) is 11.1. The molecule has 1 aliphatic rings. The first-order chi connectivity index (χ1) is 13.4. The molecule has 2 aromatic rings. The Morgan fingerprint density at radius 2 is 1.90 bits per heavy atom. The van der Waals surface area contributed by atoms with Crippen LogP contribution in [-0.2, 0) is 19.0 Å². The van der Waals surface area contributed by atoms with Gasteiger partial charge in [0.05, 0.1) is 29.7 Å². The van der Waals surface area contributed by atoms with Crippen LogP contribution >= 0.6 is 0 Å². The highest BCUT2D eigenvalue weighted by Gasteiger charge is 2.32. The number of nitrogen functional groups attached to an aromatic ring is 1. The van der Waals surface area contributed by atoms with E-state index >= 15 is 0 Å². The van der Waals surface area contributed by atoms with Crippen LogP contribution in [0.15, 0.2) is 18.2 Å². The Labute approximate surface area is 170 Å². The third-order valence-electron chi connectivity index (χ3n) is 5.41. The van der Waals surface area contributed by atoms with Crippen molar-refractivity contribution in [1.82, 2.24) is 9.97 Å². The van der Waals surface area contributed by atoms with Crippen molar-refractivity contribution in [2.45, 2.75) is 31.6 Å². The SMILES string of the molecule is C=S(C)(=O)C(C)(C)c1cc(N2CCOC[C@@H]2C)nc(-c2cc(F)c(N)c(F)c2)n1. The number of morpholine rings is 1. The number of aromatic nitrogens is 2. The molecule has 2 heterocycles. The van der Waals surface area contributed by atoms with E-state index in [1.54, 1.807) is 26.2 Å². The summed E-state index contributed by atoms with van der Waals surface area (Å²) in [5, 5.41) is 0. The van der Waals surface area contributed by atoms with Crippen molar-refractivity contribution in [3.05, 3.63) is 35.5 Å². The first-order valence-electron chi connectivity index (χ1n) is 9.22. The molecule has 1 saturated heterocycles. The van der Waals surface area contributed by atoms with E-state index in [9.17, 15) is 13.0 Å². The molecule has 0 aliphatic carbocycles. The quantitative estimate of drug-likeness (QED) is 0.601. The van der Waals surface area contributed by atoms with Crippen LogP contribution in [0.1, 0.15) is 26.5 Å². The summed E-state index contributed by atoms with van der Waals surface area (Å²) >= 11 is 0. The number of halogens is 2. The van der Waals surface area contributed by atoms with Gasteiger partial charge in [-0.1, -0.05) is 0 Å². The maximum absolute atomic E-state index is 14.1. The first-order valence-corrected chi connectivity index (χ1v) is 11.4. The second kappa shape index (κ2) is 7.53. The Bertz CT molecular complexity index is 1020. The summed E-state index contributed by atoms with van der Waals surface area (Å²) in [7, 11) is -2.54. The highest BCUT2D eigenvalue weighted by atomic mass is 32.2. The van der Waals surface area contributed by atoms with Crippen molar-refractivity contribution in [3.63, 3.8) is 0 Å². The molecule has 1 aromatic carbocycles. The number of hydrogen-bond donors (Lipinski definition) is 1. The minimum Gasteiger partial charge on any atom is -0.394 e. The monoisotopic (exact) mass is 424 g/mol. The van der Waals surface area contributed by atoms with E-state index in [0.29, 0.717) is 31.3 Å². The minimum atomic E-state index is -2.54. The molecule has 1 aliphatic heterocycles. The maximum Gasteiger partial charge on any atom is 0.162 e. The number of ether oxygens (including phenoxy) is 1. The normalized spacial score (nSPS) is 19.8. The Morgan fingerprint density at radius 3 is 2.45 bits per heavy atom. The summed E-state index contributed by atoms with van der Waals surface area (Å²) < 4.78 is 45.5. The van der Waals surface area contributed by atoms with Crippen LogP contribution in [0.5, 0.6) is 0 Å². The molecule has 158 valence electrons. The summed E-state index contributed by atoms with van der Waals surface area (Å²) in [6.07, 6.45) is 1.56. The van der Waals surface area contributed by atoms with Crippen molar-refractivity contribution < 1.29 is 17.7 Å². The molecule has 0 bridgehead atoms. The van der Waals surface area contributed by atoms with Crippen LogP contribution in [0.25, 0.3) is 11.4 Å². The number of nitrogens with two attached hydrogens (primary N) is 1. The second-order valence-electron chi connectivity index (χ2n) is 7.92. The number of nitrogens with zero attached hydrogens (tertiary/aromatic N) is 3. The zero-order chi connectivity index (χ0) is 21.6. The molecule has 0 saturated carbocycles. The molecular weight excluding hydrogens is 398 g/mol. The molecular formula is C20H26F2N4O2S. The molecule has 1 fully saturated rings. The third-order valence-corrected chi connectivity index (χ3v) is 7.78. The molecule has 1 aromatic heterocycles. The lowest BCUT2D eigenvalue weighted by molar-refractivity contribution is 0.0985. The Balaban J connectivity index is 2.23. The summed E-state index contributed by atoms with van der Waals surface area (Å²) in [6.45, 7) is 7.24. The molecule has 9 heteroatoms. The van der Waals surface area contributed by atoms with E-state index < -0.39 is 31.6 Å². The zero-order valence-corrected chi connectivity index (χ0v) is 17.9. The van der Waals surface area contributed by atoms with Gasteiger partial charge in [0.1, 0.15) is 23.1 Å². The van der Waals surface area contributed by atoms with Crippen molar-refractivity contribution in [2.24, 2.45) is 0 Å². The number of rotatable bonds is 4. The lowest BCUT2D eigenvalue weighted by Gasteiger charge is -2.35. The average molecular weight is 425 g/mol. The van der Waals surface area contributed by atoms with Gasteiger partial charge >= 0.3 is 0 Å². The van der Waals surface area contributed by atoms with Gasteiger partial charge in [0.25, 0.3) is 0 Å². The Kier molecular flexibility index (Phi) is 5.57. The Hall–Kier alpha value is -2.26. The second-order valence-corrected chi connectivity index (χ2v) is 11.0. The molecule has 29 heavy (non-hydrogen) atoms. The predicted octanol–water partition coefficient (Wildman–Crippen LogP) is 2.81. The van der Waals surface area contributed by atoms with E-state index in [-0.39, 0.29) is 17.4 Å². The van der Waals surface area contributed by atoms with Gasteiger partial charge in [-0.2, -0.15) is 0 Å². The van der Waals surface area contributed by atoms with Gasteiger partial charge in [-0.3, -0.25) is 4.21 Å². The van der Waals surface area contributed by atoms with Crippen molar-refractivity contribution in [2.75, 3.05) is 36.6 Å². The average Bonchev–Trinajstić information content (AvgIpc) is 2.64. The van der Waals surface area contributed by atoms with E-state index in [0.717, 1.165) is 12.1 Å². The smallest absolute Gasteiger partial charge is 0.162 e. The molecule has 0 radical (unpaired) electrons. The lowest BCUT2D eigenvalue weighted by atomic mass is 10.1. The Morgan fingerprint density at radius 1 is 1.28 bits per heavy atom. The first kappa shape index (κ1) is 21.4. The lowest BCUT2D eigenvalue weighted by Crippen LogP contribution is -2.44. The van der Waals surface area contributed by atoms with E-state index in [2.05, 4.69) is 15.8 Å². The fourth-order valence-electron chi connectivity index (χ4n) is 3.02. The van der Waals surface area contributed by atoms with Crippen LogP contribution in [0.2, 0.25) is 0 Å². The summed E-state index contributed by atoms with van der Waals surface area (Å²) in [5.41, 5.74) is 5.47. The highest BCUT2D eigenvalue weighted by molar-refractivity contribution is 8.00. The highest BCUT2D eigenvalue weighted by Crippen LogP contribution is 2.33. The van der Waals surface area contributed by atoms with Crippen LogP contribution in [0, 0.1) is 11.6 Å². The largest absolute Gasteiger partial charge is 0.394 e. The van der Waals surface area contributed by atoms with Crippen LogP contribution in [-0.4, -0.2) is 52.1 Å². The summed E-state index contributed by atoms with van der Waals surface area (Å²) in [6, 6.07) is 4.02. The van der Waals surface area contributed by atoms with Crippen LogP contribution in [0.3, 0.4) is 0 Å². The van der Waals surface area contributed by atoms with Gasteiger partial charge in [0.2, 0.25) is 0 Å². The van der Waals surface area contributed by atoms with Gasteiger partial charge in [-0.15, -0.1) is 0 Å². The molecule has 1 unspecified atom stereocenters. The van der Waals surface area contributed by atoms with E-state index in [1.807, 2.05) is 11.8 Å². The van der Waals surface area contributed by atoms with Crippen molar-refractivity contribution in [1.29, 1.82) is 0 Å². The minimum absolute atomic E-state index is 0.0492. The summed E-state index contributed by atoms with van der Waals surface area (Å²) in [5.74, 6) is 2.76. The van der Waals surface area contributed by atoms with Gasteiger partial charge in [-0.05, 0) is 48.3 Å². The number of anilines is 2. The molecule has 3 rings (SSSR count). The zero-order valence-electron chi connectivity index (χ0n) is 17.0. The third kappa shape index (κ3) is 4.06. The maximum atomic E-state index is 14.1. The predicted molar refractivity (Wildman–Crippen MR) is 114 cm³/mol. The fraction of sp³-hybridized carbons (Fsp3) is 0.450. The van der Waals surface area contributed by atoms with Gasteiger partial charge in [0, 0.05) is 24.4 Å². The van der Waals surface area contributed by atoms with Gasteiger partial charge in [-0.25, -0.2) is 18.7 Å². The van der Waals surface area contributed by atoms with Crippen molar-refractivity contribution >= 4 is 26.9 Å². The molecule has 0 spiro atoms. The number of benzene rings is 1. The van der Waals surface area contributed by atoms with Crippen LogP contribution < -0.4 is 10.6 Å². The van der Waals surface area contributed by atoms with Crippen LogP contribution in [0.4, 0.5) is 20.3 Å². The number of hydrogen-bond acceptors (Lipinski definition) is 6. The molecule has 0 amide bonds. The fourth-order valence-corrected chi connectivity index (χ4v) is 3.57. The standard InChI is InChI=1S/C20H26F2N4O2S/c1-12-11-28-7-6-26(12)17-10-16(20(2,3)29(4,5)27)24-19(25-17)13-8-14(21)18(23)15(22)9-13/h8-10,12H,4,6-7,11,23H2,1-3,5H3/t12-,29?/m0/s1. The van der Waals surface area contributed by atoms with E-state index in [1.165, 1.54) is 0 Å². The van der Waals surface area contributed by atoms with Gasteiger partial charge in [0.15, 0.2) is 5.82 Å². The van der Waals surface area contributed by atoms with Gasteiger partial charge < -0.3 is 15.4 Å². The van der Waals surface area contributed by atoms with E-state index in [4.69, 9.17) is 10.5 Å². The molecule has 2 N–H and O–H groups in total.